The lowest BCUT2D eigenvalue weighted by Gasteiger charge is -2.04. The number of methoxy groups -OCH3 is 1. The van der Waals surface area contributed by atoms with Crippen molar-refractivity contribution >= 4 is 22.9 Å². The van der Waals surface area contributed by atoms with Crippen LogP contribution in [-0.4, -0.2) is 17.1 Å². The van der Waals surface area contributed by atoms with Gasteiger partial charge >= 0.3 is 0 Å². The summed E-state index contributed by atoms with van der Waals surface area (Å²) in [6.45, 7) is 1.46. The number of pyridine rings is 1. The van der Waals surface area contributed by atoms with Gasteiger partial charge in [-0.15, -0.1) is 11.3 Å². The van der Waals surface area contributed by atoms with Crippen LogP contribution in [0.25, 0.3) is 0 Å². The van der Waals surface area contributed by atoms with Gasteiger partial charge in [0.05, 0.1) is 13.3 Å². The van der Waals surface area contributed by atoms with Crippen molar-refractivity contribution in [3.05, 3.63) is 39.4 Å². The van der Waals surface area contributed by atoms with E-state index in [0.717, 1.165) is 17.1 Å². The fourth-order valence-electron chi connectivity index (χ4n) is 1.36. The lowest BCUT2D eigenvalue weighted by Crippen LogP contribution is -2.12. The summed E-state index contributed by atoms with van der Waals surface area (Å²) < 4.78 is 5.77. The van der Waals surface area contributed by atoms with Gasteiger partial charge in [0.2, 0.25) is 5.88 Å². The van der Waals surface area contributed by atoms with Crippen LogP contribution in [0.5, 0.6) is 5.88 Å². The van der Waals surface area contributed by atoms with E-state index in [1.807, 2.05) is 12.1 Å². The van der Waals surface area contributed by atoms with Crippen LogP contribution >= 0.6 is 22.9 Å². The molecule has 0 atom stereocenters. The second-order valence-corrected chi connectivity index (χ2v) is 5.11. The molecule has 0 aliphatic rings. The van der Waals surface area contributed by atoms with Gasteiger partial charge in [-0.3, -0.25) is 0 Å². The number of rotatable bonds is 5. The second-order valence-electron chi connectivity index (χ2n) is 3.37. The highest BCUT2D eigenvalue weighted by Gasteiger charge is 2.00. The van der Waals surface area contributed by atoms with Crippen LogP contribution in [0.1, 0.15) is 10.6 Å². The predicted molar refractivity (Wildman–Crippen MR) is 68.5 cm³/mol. The molecular weight excluding hydrogens is 258 g/mol. The Morgan fingerprint density at radius 1 is 1.41 bits per heavy atom. The third kappa shape index (κ3) is 3.66. The number of ether oxygens (including phenoxy) is 1. The lowest BCUT2D eigenvalue weighted by atomic mass is 10.2. The minimum atomic E-state index is 0.626. The van der Waals surface area contributed by atoms with Gasteiger partial charge in [0.25, 0.3) is 0 Å². The summed E-state index contributed by atoms with van der Waals surface area (Å²) >= 11 is 7.28. The molecule has 0 saturated carbocycles. The Hall–Kier alpha value is -1.17. The molecule has 6 heteroatoms. The molecule has 0 amide bonds. The highest BCUT2D eigenvalue weighted by molar-refractivity contribution is 7.15. The number of aromatic nitrogens is 2. The molecule has 0 aromatic carbocycles. The maximum absolute atomic E-state index is 5.80. The van der Waals surface area contributed by atoms with Crippen molar-refractivity contribution in [3.8, 4) is 5.88 Å². The highest BCUT2D eigenvalue weighted by atomic mass is 35.5. The summed E-state index contributed by atoms with van der Waals surface area (Å²) in [6.07, 6.45) is 3.40. The molecule has 0 fully saturated rings. The van der Waals surface area contributed by atoms with Crippen LogP contribution in [0.2, 0.25) is 4.34 Å². The van der Waals surface area contributed by atoms with E-state index in [9.17, 15) is 0 Å². The first-order chi connectivity index (χ1) is 8.28. The average Bonchev–Trinajstić information content (AvgIpc) is 2.75. The first-order valence-corrected chi connectivity index (χ1v) is 6.27. The van der Waals surface area contributed by atoms with Gasteiger partial charge in [-0.2, -0.15) is 0 Å². The van der Waals surface area contributed by atoms with Crippen LogP contribution in [0, 0.1) is 0 Å². The molecule has 4 nitrogen and oxygen atoms in total. The molecule has 0 unspecified atom stereocenters. The average molecular weight is 270 g/mol. The Labute approximate surface area is 109 Å². The van der Waals surface area contributed by atoms with Gasteiger partial charge in [0.1, 0.15) is 9.34 Å². The Kier molecular flexibility index (Phi) is 4.30. The van der Waals surface area contributed by atoms with Crippen molar-refractivity contribution in [3.63, 3.8) is 0 Å². The fraction of sp³-hybridized carbons (Fsp3) is 0.273. The van der Waals surface area contributed by atoms with Crippen LogP contribution in [0.4, 0.5) is 0 Å². The van der Waals surface area contributed by atoms with Crippen molar-refractivity contribution in [1.82, 2.24) is 15.3 Å². The standard InChI is InChI=1S/C11H12ClN3OS/c1-16-10-4-8(2-3-14-10)5-13-7-11-15-6-9(12)17-11/h2-4,6,13H,5,7H2,1H3. The molecule has 2 heterocycles. The maximum Gasteiger partial charge on any atom is 0.213 e. The molecule has 1 N–H and O–H groups in total. The Morgan fingerprint density at radius 3 is 3.00 bits per heavy atom. The van der Waals surface area contributed by atoms with Gasteiger partial charge in [-0.1, -0.05) is 11.6 Å². The lowest BCUT2D eigenvalue weighted by molar-refractivity contribution is 0.397. The van der Waals surface area contributed by atoms with Crippen molar-refractivity contribution in [2.24, 2.45) is 0 Å². The van der Waals surface area contributed by atoms with E-state index < -0.39 is 0 Å². The summed E-state index contributed by atoms with van der Waals surface area (Å²) in [7, 11) is 1.61. The van der Waals surface area contributed by atoms with E-state index in [0.29, 0.717) is 16.8 Å². The van der Waals surface area contributed by atoms with Crippen molar-refractivity contribution in [1.29, 1.82) is 0 Å². The quantitative estimate of drug-likeness (QED) is 0.906. The van der Waals surface area contributed by atoms with Gasteiger partial charge in [-0.25, -0.2) is 9.97 Å². The zero-order chi connectivity index (χ0) is 12.1. The molecule has 0 aliphatic carbocycles. The molecular formula is C11H12ClN3OS. The van der Waals surface area contributed by atoms with Crippen LogP contribution in [0.3, 0.4) is 0 Å². The third-order valence-electron chi connectivity index (χ3n) is 2.14. The van der Waals surface area contributed by atoms with E-state index >= 15 is 0 Å². The fourth-order valence-corrected chi connectivity index (χ4v) is 2.28. The van der Waals surface area contributed by atoms with Crippen LogP contribution in [-0.2, 0) is 13.1 Å². The first-order valence-electron chi connectivity index (χ1n) is 5.08. The summed E-state index contributed by atoms with van der Waals surface area (Å²) in [5.41, 5.74) is 1.12. The normalized spacial score (nSPS) is 10.5. The summed E-state index contributed by atoms with van der Waals surface area (Å²) in [4.78, 5) is 8.22. The van der Waals surface area contributed by atoms with Crippen molar-refractivity contribution in [2.75, 3.05) is 7.11 Å². The predicted octanol–water partition coefficient (Wildman–Crippen LogP) is 2.49. The molecule has 0 radical (unpaired) electrons. The largest absolute Gasteiger partial charge is 0.481 e. The molecule has 2 aromatic heterocycles. The van der Waals surface area contributed by atoms with Gasteiger partial charge in [0.15, 0.2) is 0 Å². The Balaban J connectivity index is 1.85. The molecule has 0 bridgehead atoms. The van der Waals surface area contributed by atoms with Crippen molar-refractivity contribution < 1.29 is 4.74 Å². The van der Waals surface area contributed by atoms with E-state index in [-0.39, 0.29) is 0 Å². The van der Waals surface area contributed by atoms with Gasteiger partial charge < -0.3 is 10.1 Å². The van der Waals surface area contributed by atoms with E-state index in [1.165, 1.54) is 11.3 Å². The SMILES string of the molecule is COc1cc(CNCc2ncc(Cl)s2)ccn1. The molecule has 0 spiro atoms. The molecule has 0 saturated heterocycles. The third-order valence-corrected chi connectivity index (χ3v) is 3.25. The summed E-state index contributed by atoms with van der Waals surface area (Å²) in [6, 6.07) is 3.85. The maximum atomic E-state index is 5.80. The van der Waals surface area contributed by atoms with Crippen LogP contribution < -0.4 is 10.1 Å². The van der Waals surface area contributed by atoms with E-state index in [1.54, 1.807) is 19.5 Å². The monoisotopic (exact) mass is 269 g/mol. The number of hydrogen-bond acceptors (Lipinski definition) is 5. The molecule has 17 heavy (non-hydrogen) atoms. The van der Waals surface area contributed by atoms with Gasteiger partial charge in [-0.05, 0) is 11.6 Å². The minimum Gasteiger partial charge on any atom is -0.481 e. The Bertz CT molecular complexity index is 489. The highest BCUT2D eigenvalue weighted by Crippen LogP contribution is 2.18. The van der Waals surface area contributed by atoms with E-state index in [4.69, 9.17) is 16.3 Å². The summed E-state index contributed by atoms with van der Waals surface area (Å²) in [5.74, 6) is 0.626. The molecule has 90 valence electrons. The van der Waals surface area contributed by atoms with Crippen molar-refractivity contribution in [2.45, 2.75) is 13.1 Å². The molecule has 2 rings (SSSR count). The zero-order valence-corrected chi connectivity index (χ0v) is 10.9. The number of nitrogens with zero attached hydrogens (tertiary/aromatic N) is 2. The van der Waals surface area contributed by atoms with E-state index in [2.05, 4.69) is 15.3 Å². The molecule has 2 aromatic rings. The number of hydrogen-bond donors (Lipinski definition) is 1. The number of nitrogens with one attached hydrogen (secondary N) is 1. The topological polar surface area (TPSA) is 47.0 Å². The molecule has 0 aliphatic heterocycles. The summed E-state index contributed by atoms with van der Waals surface area (Å²) in [5, 5.41) is 4.27. The second kappa shape index (κ2) is 5.95. The number of thiazole rings is 1. The smallest absolute Gasteiger partial charge is 0.213 e. The first kappa shape index (κ1) is 12.3. The zero-order valence-electron chi connectivity index (χ0n) is 9.31. The van der Waals surface area contributed by atoms with Crippen LogP contribution in [0.15, 0.2) is 24.5 Å². The van der Waals surface area contributed by atoms with Gasteiger partial charge in [0, 0.05) is 25.4 Å². The minimum absolute atomic E-state index is 0.626. The number of halogens is 1. The Morgan fingerprint density at radius 2 is 2.29 bits per heavy atom.